The third-order valence-corrected chi connectivity index (χ3v) is 10.0. The molecule has 2 aliphatic rings. The van der Waals surface area contributed by atoms with Crippen molar-refractivity contribution in [1.82, 2.24) is 15.2 Å². The second-order valence-corrected chi connectivity index (χ2v) is 12.7. The van der Waals surface area contributed by atoms with Crippen molar-refractivity contribution in [3.63, 3.8) is 0 Å². The van der Waals surface area contributed by atoms with Crippen LogP contribution < -0.4 is 14.4 Å². The van der Waals surface area contributed by atoms with E-state index < -0.39 is 33.3 Å². The minimum absolute atomic E-state index is 0.0299. The molecule has 2 atom stereocenters. The summed E-state index contributed by atoms with van der Waals surface area (Å²) in [6, 6.07) is 14.4. The van der Waals surface area contributed by atoms with E-state index >= 15 is 9.18 Å². The van der Waals surface area contributed by atoms with Crippen LogP contribution in [0.15, 0.2) is 82.4 Å². The number of likely N-dealkylation sites (tertiary alicyclic amines) is 1. The van der Waals surface area contributed by atoms with Gasteiger partial charge in [-0.05, 0) is 79.5 Å². The number of carbonyl (C=O) groups excluding carboxylic acids is 1. The van der Waals surface area contributed by atoms with Gasteiger partial charge >= 0.3 is 0 Å². The Hall–Kier alpha value is -3.77. The van der Waals surface area contributed by atoms with Gasteiger partial charge in [0.1, 0.15) is 17.8 Å². The van der Waals surface area contributed by atoms with Crippen molar-refractivity contribution in [2.45, 2.75) is 42.8 Å². The van der Waals surface area contributed by atoms with E-state index in [1.165, 1.54) is 62.0 Å². The molecule has 2 unspecified atom stereocenters. The van der Waals surface area contributed by atoms with Gasteiger partial charge in [-0.15, -0.1) is 0 Å². The predicted molar refractivity (Wildman–Crippen MR) is 159 cm³/mol. The van der Waals surface area contributed by atoms with Gasteiger partial charge in [0.25, 0.3) is 15.9 Å². The molecule has 1 N–H and O–H groups in total. The Labute approximate surface area is 254 Å². The maximum absolute atomic E-state index is 16.3. The van der Waals surface area contributed by atoms with Crippen molar-refractivity contribution >= 4 is 33.2 Å². The number of aromatic nitrogens is 1. The number of anilines is 1. The standard InChI is InChI=1S/C31H30ClFN4O5S/c1-3-34-19-20-6-12-26(33)24(17-20)31(36-15-4-5-28(36)29-35-14-16-42-29)25-18-21(32)7-13-27(25)37(30(31)38)43(39,40)23-10-8-22(41-2)9-11-23/h6-14,16-18,28,34H,3-5,15,19H2,1-2H3. The molecule has 3 aromatic carbocycles. The highest BCUT2D eigenvalue weighted by atomic mass is 35.5. The topological polar surface area (TPSA) is 105 Å². The van der Waals surface area contributed by atoms with Crippen molar-refractivity contribution in [2.24, 2.45) is 0 Å². The van der Waals surface area contributed by atoms with Gasteiger partial charge in [-0.25, -0.2) is 22.1 Å². The summed E-state index contributed by atoms with van der Waals surface area (Å²) in [6.45, 7) is 3.41. The Kier molecular flexibility index (Phi) is 7.76. The molecule has 3 heterocycles. The monoisotopic (exact) mass is 624 g/mol. The van der Waals surface area contributed by atoms with Crippen LogP contribution in [0.3, 0.4) is 0 Å². The van der Waals surface area contributed by atoms with Gasteiger partial charge in [0, 0.05) is 29.2 Å². The van der Waals surface area contributed by atoms with E-state index in [2.05, 4.69) is 10.3 Å². The van der Waals surface area contributed by atoms with Gasteiger partial charge in [0.05, 0.1) is 29.9 Å². The third-order valence-electron chi connectivity index (χ3n) is 8.08. The highest BCUT2D eigenvalue weighted by Crippen LogP contribution is 2.55. The van der Waals surface area contributed by atoms with Gasteiger partial charge in [-0.1, -0.05) is 24.6 Å². The molecule has 2 aliphatic heterocycles. The minimum atomic E-state index is -4.47. The smallest absolute Gasteiger partial charge is 0.271 e. The molecule has 1 aromatic heterocycles. The minimum Gasteiger partial charge on any atom is -0.497 e. The molecule has 0 radical (unpaired) electrons. The van der Waals surface area contributed by atoms with Crippen LogP contribution in [-0.2, 0) is 26.9 Å². The van der Waals surface area contributed by atoms with Crippen LogP contribution in [0.5, 0.6) is 5.75 Å². The fourth-order valence-corrected chi connectivity index (χ4v) is 7.82. The van der Waals surface area contributed by atoms with Gasteiger partial charge < -0.3 is 14.5 Å². The molecule has 12 heteroatoms. The molecule has 1 amide bonds. The zero-order chi connectivity index (χ0) is 30.4. The van der Waals surface area contributed by atoms with E-state index in [-0.39, 0.29) is 26.7 Å². The van der Waals surface area contributed by atoms with E-state index in [9.17, 15) is 8.42 Å². The lowest BCUT2D eigenvalue weighted by atomic mass is 9.80. The van der Waals surface area contributed by atoms with Crippen molar-refractivity contribution in [2.75, 3.05) is 24.5 Å². The number of rotatable bonds is 9. The molecule has 1 saturated heterocycles. The number of benzene rings is 3. The molecule has 43 heavy (non-hydrogen) atoms. The summed E-state index contributed by atoms with van der Waals surface area (Å²) in [7, 11) is -3.00. The summed E-state index contributed by atoms with van der Waals surface area (Å²) in [6.07, 6.45) is 4.16. The fourth-order valence-electron chi connectivity index (χ4n) is 6.18. The van der Waals surface area contributed by atoms with E-state index in [4.69, 9.17) is 20.8 Å². The second kappa shape index (κ2) is 11.4. The number of fused-ring (bicyclic) bond motifs is 1. The predicted octanol–water partition coefficient (Wildman–Crippen LogP) is 5.40. The molecule has 1 fully saturated rings. The van der Waals surface area contributed by atoms with Gasteiger partial charge in [-0.2, -0.15) is 0 Å². The lowest BCUT2D eigenvalue weighted by Crippen LogP contribution is -2.55. The SMILES string of the molecule is CCNCc1ccc(F)c(C2(N3CCCC3c3ncco3)C(=O)N(S(=O)(=O)c3ccc(OC)cc3)c3ccc(Cl)cc32)c1. The lowest BCUT2D eigenvalue weighted by molar-refractivity contribution is -0.127. The van der Waals surface area contributed by atoms with Gasteiger partial charge in [0.15, 0.2) is 5.54 Å². The van der Waals surface area contributed by atoms with Crippen LogP contribution in [0, 0.1) is 5.82 Å². The maximum Gasteiger partial charge on any atom is 0.271 e. The first-order valence-electron chi connectivity index (χ1n) is 13.9. The molecule has 0 bridgehead atoms. The van der Waals surface area contributed by atoms with Crippen LogP contribution in [0.2, 0.25) is 5.02 Å². The van der Waals surface area contributed by atoms with Crippen LogP contribution in [0.4, 0.5) is 10.1 Å². The summed E-state index contributed by atoms with van der Waals surface area (Å²) < 4.78 is 56.5. The molecule has 0 saturated carbocycles. The van der Waals surface area contributed by atoms with Crippen molar-refractivity contribution in [3.8, 4) is 5.75 Å². The molecular formula is C31H30ClFN4O5S. The summed E-state index contributed by atoms with van der Waals surface area (Å²) in [4.78, 5) is 21.2. The summed E-state index contributed by atoms with van der Waals surface area (Å²) in [5, 5.41) is 3.51. The highest BCUT2D eigenvalue weighted by Gasteiger charge is 2.62. The Morgan fingerprint density at radius 2 is 1.93 bits per heavy atom. The average molecular weight is 625 g/mol. The van der Waals surface area contributed by atoms with E-state index in [1.807, 2.05) is 11.8 Å². The Balaban J connectivity index is 1.64. The normalized spacial score (nSPS) is 20.5. The number of halogens is 2. The van der Waals surface area contributed by atoms with E-state index in [0.717, 1.165) is 9.87 Å². The fraction of sp³-hybridized carbons (Fsp3) is 0.290. The second-order valence-electron chi connectivity index (χ2n) is 10.4. The van der Waals surface area contributed by atoms with Crippen molar-refractivity contribution in [3.05, 3.63) is 107 Å². The Morgan fingerprint density at radius 1 is 1.14 bits per heavy atom. The number of carbonyl (C=O) groups is 1. The highest BCUT2D eigenvalue weighted by molar-refractivity contribution is 7.93. The number of ether oxygens (including phenoxy) is 1. The van der Waals surface area contributed by atoms with Crippen LogP contribution >= 0.6 is 11.6 Å². The molecule has 4 aromatic rings. The summed E-state index contributed by atoms with van der Waals surface area (Å²) in [5.74, 6) is -0.674. The van der Waals surface area contributed by atoms with E-state index in [0.29, 0.717) is 44.1 Å². The molecular weight excluding hydrogens is 595 g/mol. The number of amides is 1. The molecule has 9 nitrogen and oxygen atoms in total. The number of nitrogens with one attached hydrogen (secondary N) is 1. The first-order valence-corrected chi connectivity index (χ1v) is 15.7. The lowest BCUT2D eigenvalue weighted by Gasteiger charge is -2.41. The zero-order valence-corrected chi connectivity index (χ0v) is 25.2. The third kappa shape index (κ3) is 4.71. The molecule has 0 aliphatic carbocycles. The molecule has 224 valence electrons. The number of hydrogen-bond acceptors (Lipinski definition) is 8. The van der Waals surface area contributed by atoms with Gasteiger partial charge in [-0.3, -0.25) is 9.69 Å². The van der Waals surface area contributed by atoms with Crippen LogP contribution in [0.25, 0.3) is 0 Å². The summed E-state index contributed by atoms with van der Waals surface area (Å²) >= 11 is 6.53. The van der Waals surface area contributed by atoms with Gasteiger partial charge in [0.2, 0.25) is 5.89 Å². The first kappa shape index (κ1) is 29.3. The zero-order valence-electron chi connectivity index (χ0n) is 23.6. The quantitative estimate of drug-likeness (QED) is 0.264. The maximum atomic E-state index is 16.3. The van der Waals surface area contributed by atoms with Crippen LogP contribution in [0.1, 0.15) is 48.4 Å². The average Bonchev–Trinajstić information content (AvgIpc) is 3.76. The number of nitrogens with zero attached hydrogens (tertiary/aromatic N) is 3. The Morgan fingerprint density at radius 3 is 2.63 bits per heavy atom. The van der Waals surface area contributed by atoms with Crippen molar-refractivity contribution < 1.29 is 26.8 Å². The number of oxazole rings is 1. The molecule has 0 spiro atoms. The number of hydrogen-bond donors (Lipinski definition) is 1. The van der Waals surface area contributed by atoms with Crippen molar-refractivity contribution in [1.29, 1.82) is 0 Å². The van der Waals surface area contributed by atoms with E-state index in [1.54, 1.807) is 18.2 Å². The largest absolute Gasteiger partial charge is 0.497 e. The first-order chi connectivity index (χ1) is 20.7. The molecule has 6 rings (SSSR count). The van der Waals surface area contributed by atoms with Crippen LogP contribution in [-0.4, -0.2) is 44.4 Å². The number of sulfonamides is 1. The Bertz CT molecular complexity index is 1770. The number of methoxy groups -OCH3 is 1. The summed E-state index contributed by atoms with van der Waals surface area (Å²) in [5.41, 5.74) is -0.777.